The van der Waals surface area contributed by atoms with Crippen LogP contribution in [-0.2, 0) is 9.53 Å². The van der Waals surface area contributed by atoms with Crippen LogP contribution in [0.1, 0.15) is 18.9 Å². The minimum Gasteiger partial charge on any atom is -0.467 e. The second-order valence-electron chi connectivity index (χ2n) is 3.43. The molecule has 90 valence electrons. The summed E-state index contributed by atoms with van der Waals surface area (Å²) in [6, 6.07) is 5.10. The summed E-state index contributed by atoms with van der Waals surface area (Å²) >= 11 is 0. The highest BCUT2D eigenvalue weighted by atomic mass is 19.1. The Labute approximate surface area is 99.0 Å². The van der Waals surface area contributed by atoms with Gasteiger partial charge in [0.15, 0.2) is 0 Å². The molecule has 0 aliphatic carbocycles. The van der Waals surface area contributed by atoms with Crippen molar-refractivity contribution in [3.8, 4) is 6.07 Å². The Balaban J connectivity index is 2.94. The van der Waals surface area contributed by atoms with E-state index in [1.54, 1.807) is 0 Å². The third-order valence-corrected chi connectivity index (χ3v) is 2.33. The Kier molecular flexibility index (Phi) is 4.46. The second-order valence-corrected chi connectivity index (χ2v) is 3.43. The van der Waals surface area contributed by atoms with Crippen LogP contribution >= 0.6 is 0 Å². The fourth-order valence-electron chi connectivity index (χ4n) is 1.39. The minimum absolute atomic E-state index is 0.160. The number of nitriles is 1. The monoisotopic (exact) mass is 236 g/mol. The van der Waals surface area contributed by atoms with Crippen molar-refractivity contribution in [2.45, 2.75) is 19.4 Å². The van der Waals surface area contributed by atoms with Crippen LogP contribution in [0, 0.1) is 17.1 Å². The number of ether oxygens (including phenoxy) is 1. The molecule has 1 unspecified atom stereocenters. The number of anilines is 1. The number of nitrogens with one attached hydrogen (secondary N) is 1. The van der Waals surface area contributed by atoms with Crippen LogP contribution in [0.2, 0.25) is 0 Å². The summed E-state index contributed by atoms with van der Waals surface area (Å²) in [6.45, 7) is 1.81. The lowest BCUT2D eigenvalue weighted by atomic mass is 10.1. The molecule has 0 saturated carbocycles. The first-order chi connectivity index (χ1) is 8.12. The van der Waals surface area contributed by atoms with Gasteiger partial charge in [0, 0.05) is 0 Å². The summed E-state index contributed by atoms with van der Waals surface area (Å²) < 4.78 is 17.5. The van der Waals surface area contributed by atoms with Gasteiger partial charge in [-0.05, 0) is 24.6 Å². The van der Waals surface area contributed by atoms with Crippen LogP contribution in [0.25, 0.3) is 0 Å². The maximum Gasteiger partial charge on any atom is 0.328 e. The maximum absolute atomic E-state index is 12.9. The number of halogens is 1. The van der Waals surface area contributed by atoms with Crippen molar-refractivity contribution >= 4 is 11.7 Å². The van der Waals surface area contributed by atoms with Crippen molar-refractivity contribution in [2.24, 2.45) is 0 Å². The summed E-state index contributed by atoms with van der Waals surface area (Å²) in [5.41, 5.74) is 0.582. The van der Waals surface area contributed by atoms with E-state index in [1.807, 2.05) is 13.0 Å². The number of hydrogen-bond donors (Lipinski definition) is 1. The highest BCUT2D eigenvalue weighted by Crippen LogP contribution is 2.18. The van der Waals surface area contributed by atoms with Gasteiger partial charge in [0.1, 0.15) is 17.9 Å². The lowest BCUT2D eigenvalue weighted by Crippen LogP contribution is -2.30. The quantitative estimate of drug-likeness (QED) is 0.813. The number of benzene rings is 1. The zero-order valence-corrected chi connectivity index (χ0v) is 9.66. The molecule has 0 aliphatic heterocycles. The van der Waals surface area contributed by atoms with Gasteiger partial charge in [-0.25, -0.2) is 9.18 Å². The normalized spacial score (nSPS) is 11.4. The van der Waals surface area contributed by atoms with Crippen LogP contribution in [-0.4, -0.2) is 19.1 Å². The smallest absolute Gasteiger partial charge is 0.328 e. The second kappa shape index (κ2) is 5.85. The van der Waals surface area contributed by atoms with Crippen LogP contribution in [0.5, 0.6) is 0 Å². The molecule has 0 spiro atoms. The lowest BCUT2D eigenvalue weighted by molar-refractivity contribution is -0.141. The molecular formula is C12H13FN2O2. The average Bonchev–Trinajstić information content (AvgIpc) is 2.36. The fourth-order valence-corrected chi connectivity index (χ4v) is 1.39. The van der Waals surface area contributed by atoms with E-state index in [4.69, 9.17) is 5.26 Å². The van der Waals surface area contributed by atoms with E-state index in [2.05, 4.69) is 10.1 Å². The molecule has 4 nitrogen and oxygen atoms in total. The van der Waals surface area contributed by atoms with Crippen molar-refractivity contribution in [3.63, 3.8) is 0 Å². The standard InChI is InChI=1S/C12H13FN2O2/c1-3-10(12(16)17-2)15-11-5-4-9(13)6-8(11)7-14/h4-6,10,15H,3H2,1-2H3. The van der Waals surface area contributed by atoms with Gasteiger partial charge in [-0.3, -0.25) is 0 Å². The van der Waals surface area contributed by atoms with E-state index in [0.29, 0.717) is 12.1 Å². The Morgan fingerprint density at radius 3 is 2.88 bits per heavy atom. The number of hydrogen-bond acceptors (Lipinski definition) is 4. The first kappa shape index (κ1) is 13.0. The molecule has 0 saturated heterocycles. The molecule has 0 aliphatic rings. The molecule has 0 heterocycles. The summed E-state index contributed by atoms with van der Waals surface area (Å²) in [5, 5.41) is 11.7. The van der Waals surface area contributed by atoms with Gasteiger partial charge in [0.05, 0.1) is 18.4 Å². The molecular weight excluding hydrogens is 223 g/mol. The van der Waals surface area contributed by atoms with Crippen LogP contribution in [0.4, 0.5) is 10.1 Å². The van der Waals surface area contributed by atoms with E-state index >= 15 is 0 Å². The maximum atomic E-state index is 12.9. The molecule has 1 aromatic rings. The molecule has 1 atom stereocenters. The number of carbonyl (C=O) groups is 1. The third-order valence-electron chi connectivity index (χ3n) is 2.33. The molecule has 17 heavy (non-hydrogen) atoms. The van der Waals surface area contributed by atoms with Gasteiger partial charge in [-0.1, -0.05) is 6.92 Å². The fraction of sp³-hybridized carbons (Fsp3) is 0.333. The van der Waals surface area contributed by atoms with E-state index in [0.717, 1.165) is 6.07 Å². The first-order valence-electron chi connectivity index (χ1n) is 5.16. The van der Waals surface area contributed by atoms with Crippen molar-refractivity contribution < 1.29 is 13.9 Å². The Morgan fingerprint density at radius 2 is 2.35 bits per heavy atom. The van der Waals surface area contributed by atoms with E-state index < -0.39 is 17.8 Å². The zero-order valence-electron chi connectivity index (χ0n) is 9.66. The van der Waals surface area contributed by atoms with Gasteiger partial charge in [0.2, 0.25) is 0 Å². The highest BCUT2D eigenvalue weighted by Gasteiger charge is 2.17. The predicted molar refractivity (Wildman–Crippen MR) is 60.8 cm³/mol. The number of rotatable bonds is 4. The minimum atomic E-state index is -0.544. The highest BCUT2D eigenvalue weighted by molar-refractivity contribution is 5.79. The molecule has 1 rings (SSSR count). The number of methoxy groups -OCH3 is 1. The number of esters is 1. The first-order valence-corrected chi connectivity index (χ1v) is 5.16. The third kappa shape index (κ3) is 3.18. The summed E-state index contributed by atoms with van der Waals surface area (Å²) in [6.07, 6.45) is 0.509. The zero-order chi connectivity index (χ0) is 12.8. The summed E-state index contributed by atoms with van der Waals surface area (Å²) in [4.78, 5) is 11.4. The SMILES string of the molecule is CCC(Nc1ccc(F)cc1C#N)C(=O)OC. The van der Waals surface area contributed by atoms with Crippen LogP contribution in [0.15, 0.2) is 18.2 Å². The lowest BCUT2D eigenvalue weighted by Gasteiger charge is -2.16. The van der Waals surface area contributed by atoms with E-state index in [-0.39, 0.29) is 5.56 Å². The Hall–Kier alpha value is -2.09. The van der Waals surface area contributed by atoms with Crippen molar-refractivity contribution in [3.05, 3.63) is 29.6 Å². The Morgan fingerprint density at radius 1 is 1.65 bits per heavy atom. The van der Waals surface area contributed by atoms with Crippen molar-refractivity contribution in [1.29, 1.82) is 5.26 Å². The molecule has 0 amide bonds. The topological polar surface area (TPSA) is 62.1 Å². The number of nitrogens with zero attached hydrogens (tertiary/aromatic N) is 1. The van der Waals surface area contributed by atoms with Gasteiger partial charge < -0.3 is 10.1 Å². The van der Waals surface area contributed by atoms with Crippen molar-refractivity contribution in [1.82, 2.24) is 0 Å². The van der Waals surface area contributed by atoms with Crippen molar-refractivity contribution in [2.75, 3.05) is 12.4 Å². The molecule has 0 radical (unpaired) electrons. The average molecular weight is 236 g/mol. The van der Waals surface area contributed by atoms with Crippen LogP contribution < -0.4 is 5.32 Å². The van der Waals surface area contributed by atoms with Gasteiger partial charge in [0.25, 0.3) is 0 Å². The Bertz CT molecular complexity index is 454. The summed E-state index contributed by atoms with van der Waals surface area (Å²) in [5.74, 6) is -0.904. The van der Waals surface area contributed by atoms with Crippen LogP contribution in [0.3, 0.4) is 0 Å². The van der Waals surface area contributed by atoms with Gasteiger partial charge in [-0.15, -0.1) is 0 Å². The predicted octanol–water partition coefficient (Wildman–Crippen LogP) is 2.06. The molecule has 0 fully saturated rings. The van der Waals surface area contributed by atoms with E-state index in [1.165, 1.54) is 19.2 Å². The molecule has 0 aromatic heterocycles. The summed E-state index contributed by atoms with van der Waals surface area (Å²) in [7, 11) is 1.29. The molecule has 1 N–H and O–H groups in total. The number of carbonyl (C=O) groups excluding carboxylic acids is 1. The molecule has 5 heteroatoms. The molecule has 1 aromatic carbocycles. The molecule has 0 bridgehead atoms. The van der Waals surface area contributed by atoms with Gasteiger partial charge >= 0.3 is 5.97 Å². The van der Waals surface area contributed by atoms with E-state index in [9.17, 15) is 9.18 Å². The van der Waals surface area contributed by atoms with Gasteiger partial charge in [-0.2, -0.15) is 5.26 Å². The largest absolute Gasteiger partial charge is 0.467 e.